The lowest BCUT2D eigenvalue weighted by atomic mass is 9.79. The van der Waals surface area contributed by atoms with Gasteiger partial charge in [-0.05, 0) is 55.5 Å². The summed E-state index contributed by atoms with van der Waals surface area (Å²) in [5, 5.41) is 3.80. The van der Waals surface area contributed by atoms with Crippen molar-refractivity contribution in [1.82, 2.24) is 5.32 Å². The molecule has 1 heterocycles. The summed E-state index contributed by atoms with van der Waals surface area (Å²) in [7, 11) is 0. The molecule has 0 bridgehead atoms. The standard InChI is InChI=1S/C25H23Cl2NO4/c1-14-3-4-15(2)18(11-14)22-23(25(28-24(22)31)9-7-17(29)8-10-25)32-21(30)13-16-5-6-19(26)20(27)12-16/h3-6,11-12H,7-10,13H2,1-2H3,(H,28,31). The van der Waals surface area contributed by atoms with E-state index in [9.17, 15) is 14.4 Å². The summed E-state index contributed by atoms with van der Waals surface area (Å²) in [4.78, 5) is 38.0. The van der Waals surface area contributed by atoms with E-state index < -0.39 is 11.5 Å². The first kappa shape index (κ1) is 22.6. The predicted molar refractivity (Wildman–Crippen MR) is 123 cm³/mol. The number of halogens is 2. The van der Waals surface area contributed by atoms with E-state index in [0.29, 0.717) is 52.6 Å². The van der Waals surface area contributed by atoms with Crippen LogP contribution < -0.4 is 5.32 Å². The van der Waals surface area contributed by atoms with Gasteiger partial charge < -0.3 is 10.1 Å². The van der Waals surface area contributed by atoms with Crippen molar-refractivity contribution < 1.29 is 19.1 Å². The molecule has 2 aliphatic rings. The lowest BCUT2D eigenvalue weighted by Gasteiger charge is -2.34. The normalized spacial score (nSPS) is 17.6. The zero-order valence-electron chi connectivity index (χ0n) is 17.9. The van der Waals surface area contributed by atoms with E-state index >= 15 is 0 Å². The molecule has 1 spiro atoms. The molecular formula is C25H23Cl2NO4. The van der Waals surface area contributed by atoms with Gasteiger partial charge >= 0.3 is 5.97 Å². The molecule has 0 aromatic heterocycles. The number of ether oxygens (including phenoxy) is 1. The van der Waals surface area contributed by atoms with Crippen molar-refractivity contribution in [3.8, 4) is 0 Å². The van der Waals surface area contributed by atoms with Crippen LogP contribution in [-0.4, -0.2) is 23.2 Å². The molecule has 166 valence electrons. The minimum atomic E-state index is -0.857. The van der Waals surface area contributed by atoms with Crippen LogP contribution >= 0.6 is 23.2 Å². The number of hydrogen-bond acceptors (Lipinski definition) is 4. The van der Waals surface area contributed by atoms with E-state index in [4.69, 9.17) is 27.9 Å². The molecule has 4 rings (SSSR count). The van der Waals surface area contributed by atoms with Gasteiger partial charge in [-0.15, -0.1) is 0 Å². The van der Waals surface area contributed by atoms with Crippen molar-refractivity contribution >= 4 is 46.4 Å². The fraction of sp³-hybridized carbons (Fsp3) is 0.320. The Kier molecular flexibility index (Phi) is 6.15. The van der Waals surface area contributed by atoms with Crippen LogP contribution in [0, 0.1) is 13.8 Å². The van der Waals surface area contributed by atoms with Crippen molar-refractivity contribution in [2.75, 3.05) is 0 Å². The number of hydrogen-bond donors (Lipinski definition) is 1. The van der Waals surface area contributed by atoms with Crippen LogP contribution in [0.3, 0.4) is 0 Å². The molecule has 32 heavy (non-hydrogen) atoms. The predicted octanol–water partition coefficient (Wildman–Crippen LogP) is 5.12. The Balaban J connectivity index is 1.74. The average molecular weight is 472 g/mol. The summed E-state index contributed by atoms with van der Waals surface area (Å²) in [5.74, 6) is -0.334. The molecule has 2 aromatic rings. The molecule has 2 aromatic carbocycles. The first-order valence-electron chi connectivity index (χ1n) is 10.5. The lowest BCUT2D eigenvalue weighted by molar-refractivity contribution is -0.140. The molecule has 1 fully saturated rings. The van der Waals surface area contributed by atoms with Gasteiger partial charge in [-0.1, -0.05) is 53.0 Å². The third-order valence-electron chi connectivity index (χ3n) is 6.11. The van der Waals surface area contributed by atoms with Gasteiger partial charge in [-0.25, -0.2) is 0 Å². The summed E-state index contributed by atoms with van der Waals surface area (Å²) in [6.45, 7) is 3.86. The largest absolute Gasteiger partial charge is 0.427 e. The van der Waals surface area contributed by atoms with Gasteiger partial charge in [-0.2, -0.15) is 0 Å². The van der Waals surface area contributed by atoms with Gasteiger partial charge in [0.25, 0.3) is 5.91 Å². The van der Waals surface area contributed by atoms with Crippen LogP contribution in [-0.2, 0) is 25.5 Å². The minimum absolute atomic E-state index is 0.0241. The first-order valence-corrected chi connectivity index (χ1v) is 11.3. The Morgan fingerprint density at radius 2 is 1.75 bits per heavy atom. The number of aryl methyl sites for hydroxylation is 2. The molecule has 1 amide bonds. The molecule has 0 unspecified atom stereocenters. The summed E-state index contributed by atoms with van der Waals surface area (Å²) >= 11 is 12.0. The maximum Gasteiger partial charge on any atom is 0.315 e. The number of carbonyl (C=O) groups is 3. The topological polar surface area (TPSA) is 72.5 Å². The van der Waals surface area contributed by atoms with Gasteiger partial charge in [0, 0.05) is 12.8 Å². The van der Waals surface area contributed by atoms with Crippen LogP contribution in [0.5, 0.6) is 0 Å². The number of benzene rings is 2. The van der Waals surface area contributed by atoms with Gasteiger partial charge in [0.2, 0.25) is 0 Å². The maximum absolute atomic E-state index is 13.1. The zero-order chi connectivity index (χ0) is 23.0. The van der Waals surface area contributed by atoms with Crippen molar-refractivity contribution in [2.45, 2.75) is 51.5 Å². The van der Waals surface area contributed by atoms with Gasteiger partial charge in [0.15, 0.2) is 0 Å². The molecule has 0 atom stereocenters. The summed E-state index contributed by atoms with van der Waals surface area (Å²) in [6.07, 6.45) is 1.44. The van der Waals surface area contributed by atoms with Crippen molar-refractivity contribution in [2.24, 2.45) is 0 Å². The van der Waals surface area contributed by atoms with Crippen LogP contribution in [0.1, 0.15) is 47.9 Å². The highest BCUT2D eigenvalue weighted by atomic mass is 35.5. The minimum Gasteiger partial charge on any atom is -0.427 e. The molecular weight excluding hydrogens is 449 g/mol. The van der Waals surface area contributed by atoms with E-state index in [2.05, 4.69) is 5.32 Å². The molecule has 0 saturated heterocycles. The molecule has 7 heteroatoms. The lowest BCUT2D eigenvalue weighted by Crippen LogP contribution is -2.48. The number of ketones is 1. The van der Waals surface area contributed by atoms with E-state index in [1.54, 1.807) is 18.2 Å². The van der Waals surface area contributed by atoms with Crippen LogP contribution in [0.4, 0.5) is 0 Å². The average Bonchev–Trinajstić information content (AvgIpc) is 3.00. The first-order chi connectivity index (χ1) is 15.2. The summed E-state index contributed by atoms with van der Waals surface area (Å²) in [6, 6.07) is 10.8. The Morgan fingerprint density at radius 3 is 2.44 bits per heavy atom. The van der Waals surface area contributed by atoms with Gasteiger partial charge in [0.1, 0.15) is 17.1 Å². The monoisotopic (exact) mass is 471 g/mol. The maximum atomic E-state index is 13.1. The van der Waals surface area contributed by atoms with Crippen molar-refractivity contribution in [3.63, 3.8) is 0 Å². The van der Waals surface area contributed by atoms with E-state index in [1.807, 2.05) is 32.0 Å². The second-order valence-corrected chi connectivity index (χ2v) is 9.31. The van der Waals surface area contributed by atoms with Crippen LogP contribution in [0.25, 0.3) is 5.57 Å². The Bertz CT molecular complexity index is 1160. The Labute approximate surface area is 196 Å². The number of esters is 1. The third-order valence-corrected chi connectivity index (χ3v) is 6.85. The van der Waals surface area contributed by atoms with E-state index in [-0.39, 0.29) is 18.1 Å². The highest BCUT2D eigenvalue weighted by Crippen LogP contribution is 2.43. The quantitative estimate of drug-likeness (QED) is 0.628. The van der Waals surface area contributed by atoms with Gasteiger partial charge in [0.05, 0.1) is 22.0 Å². The number of Topliss-reactive ketones (excluding diaryl/α,β-unsaturated/α-hetero) is 1. The fourth-order valence-electron chi connectivity index (χ4n) is 4.35. The summed E-state index contributed by atoms with van der Waals surface area (Å²) < 4.78 is 5.92. The highest BCUT2D eigenvalue weighted by Gasteiger charge is 2.49. The van der Waals surface area contributed by atoms with Gasteiger partial charge in [-0.3, -0.25) is 14.4 Å². The molecule has 1 saturated carbocycles. The second kappa shape index (κ2) is 8.72. The zero-order valence-corrected chi connectivity index (χ0v) is 19.4. The molecule has 5 nitrogen and oxygen atoms in total. The SMILES string of the molecule is Cc1ccc(C)c(C2=C(OC(=O)Cc3ccc(Cl)c(Cl)c3)C3(CCC(=O)CC3)NC2=O)c1. The van der Waals surface area contributed by atoms with Crippen molar-refractivity contribution in [3.05, 3.63) is 74.5 Å². The molecule has 1 aliphatic heterocycles. The van der Waals surface area contributed by atoms with E-state index in [1.165, 1.54) is 0 Å². The number of nitrogens with one attached hydrogen (secondary N) is 1. The van der Waals surface area contributed by atoms with Crippen molar-refractivity contribution in [1.29, 1.82) is 0 Å². The molecule has 0 radical (unpaired) electrons. The third kappa shape index (κ3) is 4.32. The van der Waals surface area contributed by atoms with E-state index in [0.717, 1.165) is 16.7 Å². The smallest absolute Gasteiger partial charge is 0.315 e. The fourth-order valence-corrected chi connectivity index (χ4v) is 4.67. The van der Waals surface area contributed by atoms with Crippen LogP contribution in [0.15, 0.2) is 42.2 Å². The number of amides is 1. The Hall–Kier alpha value is -2.63. The number of rotatable bonds is 4. The Morgan fingerprint density at radius 1 is 1.03 bits per heavy atom. The summed E-state index contributed by atoms with van der Waals surface area (Å²) in [5.41, 5.74) is 2.79. The molecule has 1 aliphatic carbocycles. The highest BCUT2D eigenvalue weighted by molar-refractivity contribution is 6.42. The second-order valence-electron chi connectivity index (χ2n) is 8.50. The number of carbonyl (C=O) groups excluding carboxylic acids is 3. The molecule has 1 N–H and O–H groups in total. The van der Waals surface area contributed by atoms with Crippen LogP contribution in [0.2, 0.25) is 10.0 Å².